The molecule has 15 heavy (non-hydrogen) atoms. The molecular weight excluding hydrogens is 188 g/mol. The molecule has 2 fully saturated rings. The second-order valence-corrected chi connectivity index (χ2v) is 5.57. The van der Waals surface area contributed by atoms with Crippen LogP contribution >= 0.6 is 0 Å². The van der Waals surface area contributed by atoms with Crippen molar-refractivity contribution in [1.29, 1.82) is 0 Å². The van der Waals surface area contributed by atoms with Crippen LogP contribution in [0.5, 0.6) is 0 Å². The predicted octanol–water partition coefficient (Wildman–Crippen LogP) is 0.927. The molecule has 0 bridgehead atoms. The summed E-state index contributed by atoms with van der Waals surface area (Å²) in [6.45, 7) is 6.81. The number of aliphatic hydroxyl groups is 1. The van der Waals surface area contributed by atoms with Crippen LogP contribution < -0.4 is 0 Å². The predicted molar refractivity (Wildman–Crippen MR) is 61.9 cm³/mol. The van der Waals surface area contributed by atoms with Crippen molar-refractivity contribution in [2.75, 3.05) is 33.2 Å². The van der Waals surface area contributed by atoms with Gasteiger partial charge in [-0.15, -0.1) is 0 Å². The Morgan fingerprint density at radius 3 is 2.13 bits per heavy atom. The summed E-state index contributed by atoms with van der Waals surface area (Å²) in [5, 5.41) is 9.91. The standard InChI is InChI=1S/C12H24N2O/c1-12(15)5-3-11(4-6-12)14-9-7-13(2)8-10-14/h11,15H,3-10H2,1-2H3/t11-,12+. The molecular formula is C12H24N2O. The third kappa shape index (κ3) is 2.92. The van der Waals surface area contributed by atoms with Crippen LogP contribution in [0.2, 0.25) is 0 Å². The van der Waals surface area contributed by atoms with E-state index in [9.17, 15) is 5.11 Å². The van der Waals surface area contributed by atoms with Gasteiger partial charge in [-0.1, -0.05) is 0 Å². The van der Waals surface area contributed by atoms with E-state index in [2.05, 4.69) is 16.8 Å². The van der Waals surface area contributed by atoms with Crippen molar-refractivity contribution < 1.29 is 5.11 Å². The molecule has 1 heterocycles. The van der Waals surface area contributed by atoms with Gasteiger partial charge < -0.3 is 10.0 Å². The summed E-state index contributed by atoms with van der Waals surface area (Å²) in [4.78, 5) is 5.02. The summed E-state index contributed by atoms with van der Waals surface area (Å²) >= 11 is 0. The first-order valence-electron chi connectivity index (χ1n) is 6.22. The normalized spacial score (nSPS) is 40.6. The van der Waals surface area contributed by atoms with Crippen molar-refractivity contribution in [3.05, 3.63) is 0 Å². The summed E-state index contributed by atoms with van der Waals surface area (Å²) < 4.78 is 0. The molecule has 0 aromatic rings. The lowest BCUT2D eigenvalue weighted by atomic mass is 9.83. The lowest BCUT2D eigenvalue weighted by Gasteiger charge is -2.42. The molecule has 0 aromatic carbocycles. The average Bonchev–Trinajstić information content (AvgIpc) is 2.20. The van der Waals surface area contributed by atoms with Gasteiger partial charge in [0.25, 0.3) is 0 Å². The first-order chi connectivity index (χ1) is 7.07. The third-order valence-corrected chi connectivity index (χ3v) is 4.09. The highest BCUT2D eigenvalue weighted by atomic mass is 16.3. The molecule has 1 saturated heterocycles. The third-order valence-electron chi connectivity index (χ3n) is 4.09. The molecule has 1 aliphatic carbocycles. The number of hydrogen-bond acceptors (Lipinski definition) is 3. The van der Waals surface area contributed by atoms with Crippen LogP contribution in [0.25, 0.3) is 0 Å². The number of rotatable bonds is 1. The van der Waals surface area contributed by atoms with Gasteiger partial charge in [0.05, 0.1) is 5.60 Å². The van der Waals surface area contributed by atoms with Crippen LogP contribution in [0.15, 0.2) is 0 Å². The lowest BCUT2D eigenvalue weighted by Crippen LogP contribution is -2.51. The average molecular weight is 212 g/mol. The molecule has 3 nitrogen and oxygen atoms in total. The largest absolute Gasteiger partial charge is 0.390 e. The fourth-order valence-corrected chi connectivity index (χ4v) is 2.78. The van der Waals surface area contributed by atoms with Gasteiger partial charge in [-0.2, -0.15) is 0 Å². The molecule has 1 saturated carbocycles. The number of piperazine rings is 1. The van der Waals surface area contributed by atoms with Gasteiger partial charge in [-0.25, -0.2) is 0 Å². The van der Waals surface area contributed by atoms with Gasteiger partial charge in [0, 0.05) is 32.2 Å². The van der Waals surface area contributed by atoms with Gasteiger partial charge in [0.1, 0.15) is 0 Å². The highest BCUT2D eigenvalue weighted by molar-refractivity contribution is 4.87. The Morgan fingerprint density at radius 1 is 1.07 bits per heavy atom. The fourth-order valence-electron chi connectivity index (χ4n) is 2.78. The molecule has 2 rings (SSSR count). The van der Waals surface area contributed by atoms with Crippen molar-refractivity contribution in [2.24, 2.45) is 0 Å². The Hall–Kier alpha value is -0.120. The maximum Gasteiger partial charge on any atom is 0.0621 e. The van der Waals surface area contributed by atoms with Crippen LogP contribution in [-0.4, -0.2) is 59.8 Å². The Kier molecular flexibility index (Phi) is 3.33. The van der Waals surface area contributed by atoms with Crippen molar-refractivity contribution in [1.82, 2.24) is 9.80 Å². The molecule has 1 N–H and O–H groups in total. The molecule has 2 aliphatic rings. The van der Waals surface area contributed by atoms with Crippen molar-refractivity contribution in [3.63, 3.8) is 0 Å². The van der Waals surface area contributed by atoms with Gasteiger partial charge in [-0.3, -0.25) is 4.90 Å². The molecule has 0 atom stereocenters. The number of likely N-dealkylation sites (N-methyl/N-ethyl adjacent to an activating group) is 1. The molecule has 1 aliphatic heterocycles. The van der Waals surface area contributed by atoms with Crippen molar-refractivity contribution in [2.45, 2.75) is 44.2 Å². The minimum atomic E-state index is -0.386. The van der Waals surface area contributed by atoms with Gasteiger partial charge in [0.2, 0.25) is 0 Å². The van der Waals surface area contributed by atoms with E-state index in [0.717, 1.165) is 18.9 Å². The lowest BCUT2D eigenvalue weighted by molar-refractivity contribution is -0.0124. The van der Waals surface area contributed by atoms with E-state index in [1.54, 1.807) is 0 Å². The molecule has 3 heteroatoms. The summed E-state index contributed by atoms with van der Waals surface area (Å²) in [5.41, 5.74) is -0.386. The van der Waals surface area contributed by atoms with Crippen LogP contribution in [0.3, 0.4) is 0 Å². The van der Waals surface area contributed by atoms with E-state index < -0.39 is 0 Å². The summed E-state index contributed by atoms with van der Waals surface area (Å²) in [6, 6.07) is 0.735. The van der Waals surface area contributed by atoms with Crippen LogP contribution in [-0.2, 0) is 0 Å². The molecule has 0 unspecified atom stereocenters. The maximum absolute atomic E-state index is 9.91. The monoisotopic (exact) mass is 212 g/mol. The van der Waals surface area contributed by atoms with Crippen LogP contribution in [0.1, 0.15) is 32.6 Å². The first kappa shape index (κ1) is 11.4. The van der Waals surface area contributed by atoms with E-state index in [4.69, 9.17) is 0 Å². The van der Waals surface area contributed by atoms with E-state index in [-0.39, 0.29) is 5.60 Å². The minimum absolute atomic E-state index is 0.386. The Labute approximate surface area is 93.1 Å². The number of nitrogens with zero attached hydrogens (tertiary/aromatic N) is 2. The molecule has 0 radical (unpaired) electrons. The summed E-state index contributed by atoms with van der Waals surface area (Å²) in [6.07, 6.45) is 4.31. The van der Waals surface area contributed by atoms with E-state index in [1.807, 2.05) is 6.92 Å². The van der Waals surface area contributed by atoms with E-state index in [1.165, 1.54) is 39.0 Å². The van der Waals surface area contributed by atoms with Gasteiger partial charge >= 0.3 is 0 Å². The zero-order valence-electron chi connectivity index (χ0n) is 10.1. The van der Waals surface area contributed by atoms with Crippen LogP contribution in [0, 0.1) is 0 Å². The Bertz CT molecular complexity index is 200. The highest BCUT2D eigenvalue weighted by Crippen LogP contribution is 2.30. The Morgan fingerprint density at radius 2 is 1.60 bits per heavy atom. The van der Waals surface area contributed by atoms with Crippen LogP contribution in [0.4, 0.5) is 0 Å². The topological polar surface area (TPSA) is 26.7 Å². The minimum Gasteiger partial charge on any atom is -0.390 e. The SMILES string of the molecule is CN1CCN([C@H]2CC[C@@](C)(O)CC2)CC1. The van der Waals surface area contributed by atoms with E-state index in [0.29, 0.717) is 0 Å². The van der Waals surface area contributed by atoms with Gasteiger partial charge in [0.15, 0.2) is 0 Å². The number of hydrogen-bond donors (Lipinski definition) is 1. The van der Waals surface area contributed by atoms with Gasteiger partial charge in [-0.05, 0) is 39.7 Å². The summed E-state index contributed by atoms with van der Waals surface area (Å²) in [7, 11) is 2.20. The quantitative estimate of drug-likeness (QED) is 0.700. The first-order valence-corrected chi connectivity index (χ1v) is 6.22. The molecule has 88 valence electrons. The fraction of sp³-hybridized carbons (Fsp3) is 1.00. The Balaban J connectivity index is 1.80. The second kappa shape index (κ2) is 4.40. The highest BCUT2D eigenvalue weighted by Gasteiger charge is 2.32. The van der Waals surface area contributed by atoms with E-state index >= 15 is 0 Å². The molecule has 0 amide bonds. The molecule has 0 spiro atoms. The smallest absolute Gasteiger partial charge is 0.0621 e. The van der Waals surface area contributed by atoms with Crippen molar-refractivity contribution in [3.8, 4) is 0 Å². The summed E-state index contributed by atoms with van der Waals surface area (Å²) in [5.74, 6) is 0. The zero-order chi connectivity index (χ0) is 10.9. The second-order valence-electron chi connectivity index (χ2n) is 5.57. The maximum atomic E-state index is 9.91. The molecule has 0 aromatic heterocycles. The zero-order valence-corrected chi connectivity index (χ0v) is 10.1. The van der Waals surface area contributed by atoms with Crippen molar-refractivity contribution >= 4 is 0 Å².